The molecule has 3 rings (SSSR count). The van der Waals surface area contributed by atoms with Crippen molar-refractivity contribution in [1.29, 1.82) is 0 Å². The van der Waals surface area contributed by atoms with Crippen molar-refractivity contribution in [2.45, 2.75) is 32.2 Å². The predicted molar refractivity (Wildman–Crippen MR) is 59.1 cm³/mol. The van der Waals surface area contributed by atoms with Crippen molar-refractivity contribution in [3.8, 4) is 0 Å². The lowest BCUT2D eigenvalue weighted by Crippen LogP contribution is -2.27. The third-order valence-electron chi connectivity index (χ3n) is 3.69. The Morgan fingerprint density at radius 3 is 3.21 bits per heavy atom. The molecule has 74 valence electrons. The Morgan fingerprint density at radius 2 is 2.29 bits per heavy atom. The van der Waals surface area contributed by atoms with E-state index in [1.165, 1.54) is 24.8 Å². The maximum atomic E-state index is 3.59. The largest absolute Gasteiger partial charge is 0.310 e. The van der Waals surface area contributed by atoms with Crippen LogP contribution in [0.3, 0.4) is 0 Å². The molecule has 1 nitrogen and oxygen atoms in total. The minimum atomic E-state index is 0.679. The van der Waals surface area contributed by atoms with E-state index in [4.69, 9.17) is 0 Å². The molecule has 0 aromatic rings. The second-order valence-corrected chi connectivity index (χ2v) is 4.72. The summed E-state index contributed by atoms with van der Waals surface area (Å²) in [6, 6.07) is 0.679. The van der Waals surface area contributed by atoms with Gasteiger partial charge in [0.15, 0.2) is 0 Å². The molecule has 1 N–H and O–H groups in total. The van der Waals surface area contributed by atoms with E-state index in [2.05, 4.69) is 30.5 Å². The first-order chi connectivity index (χ1) is 6.84. The molecule has 0 bridgehead atoms. The van der Waals surface area contributed by atoms with Gasteiger partial charge in [0.25, 0.3) is 0 Å². The van der Waals surface area contributed by atoms with E-state index < -0.39 is 0 Å². The van der Waals surface area contributed by atoms with Gasteiger partial charge in [-0.25, -0.2) is 0 Å². The highest BCUT2D eigenvalue weighted by atomic mass is 14.9. The van der Waals surface area contributed by atoms with Crippen molar-refractivity contribution >= 4 is 0 Å². The van der Waals surface area contributed by atoms with Gasteiger partial charge in [0.1, 0.15) is 0 Å². The zero-order valence-electron chi connectivity index (χ0n) is 8.72. The summed E-state index contributed by atoms with van der Waals surface area (Å²) in [6.45, 7) is 3.38. The molecule has 3 aliphatic rings. The highest BCUT2D eigenvalue weighted by Gasteiger charge is 2.29. The summed E-state index contributed by atoms with van der Waals surface area (Å²) < 4.78 is 0. The van der Waals surface area contributed by atoms with E-state index in [1.807, 2.05) is 0 Å². The van der Waals surface area contributed by atoms with E-state index in [0.717, 1.165) is 12.5 Å². The number of hydrogen-bond donors (Lipinski definition) is 1. The molecular weight excluding hydrogens is 170 g/mol. The molecule has 14 heavy (non-hydrogen) atoms. The molecule has 0 aromatic carbocycles. The van der Waals surface area contributed by atoms with Gasteiger partial charge >= 0.3 is 0 Å². The van der Waals surface area contributed by atoms with Crippen LogP contribution in [0.4, 0.5) is 0 Å². The van der Waals surface area contributed by atoms with Gasteiger partial charge in [0, 0.05) is 12.6 Å². The monoisotopic (exact) mass is 187 g/mol. The first kappa shape index (κ1) is 8.49. The molecule has 0 fully saturated rings. The third kappa shape index (κ3) is 1.19. The molecule has 0 saturated carbocycles. The lowest BCUT2D eigenvalue weighted by Gasteiger charge is -2.24. The van der Waals surface area contributed by atoms with Gasteiger partial charge in [-0.05, 0) is 48.8 Å². The number of rotatable bonds is 0. The minimum absolute atomic E-state index is 0.679. The lowest BCUT2D eigenvalue weighted by molar-refractivity contribution is 0.443. The molecule has 1 heterocycles. The first-order valence-corrected chi connectivity index (χ1v) is 5.69. The van der Waals surface area contributed by atoms with Crippen LogP contribution in [0.15, 0.2) is 34.9 Å². The van der Waals surface area contributed by atoms with Gasteiger partial charge in [0.2, 0.25) is 0 Å². The average Bonchev–Trinajstić information content (AvgIpc) is 2.51. The molecule has 0 aromatic heterocycles. The molecule has 0 spiro atoms. The third-order valence-corrected chi connectivity index (χ3v) is 3.69. The maximum absolute atomic E-state index is 3.59. The van der Waals surface area contributed by atoms with Gasteiger partial charge in [-0.15, -0.1) is 0 Å². The van der Waals surface area contributed by atoms with Crippen molar-refractivity contribution in [3.05, 3.63) is 34.9 Å². The summed E-state index contributed by atoms with van der Waals surface area (Å²) in [5, 5.41) is 3.59. The first-order valence-electron chi connectivity index (χ1n) is 5.69. The topological polar surface area (TPSA) is 12.0 Å². The summed E-state index contributed by atoms with van der Waals surface area (Å²) in [5.74, 6) is 0.824. The van der Waals surface area contributed by atoms with Crippen LogP contribution >= 0.6 is 0 Å². The SMILES string of the molecule is C[C@@H]1C[C@@H]2CCC=C3C=CC(=C32)CN1. The average molecular weight is 187 g/mol. The van der Waals surface area contributed by atoms with Gasteiger partial charge < -0.3 is 5.32 Å². The minimum Gasteiger partial charge on any atom is -0.310 e. The van der Waals surface area contributed by atoms with E-state index in [9.17, 15) is 0 Å². The van der Waals surface area contributed by atoms with Crippen LogP contribution in [-0.2, 0) is 0 Å². The lowest BCUT2D eigenvalue weighted by atomic mass is 9.81. The number of nitrogens with one attached hydrogen (secondary N) is 1. The number of allylic oxidation sites excluding steroid dienone is 4. The van der Waals surface area contributed by atoms with E-state index in [0.29, 0.717) is 6.04 Å². The zero-order chi connectivity index (χ0) is 9.54. The highest BCUT2D eigenvalue weighted by molar-refractivity contribution is 5.56. The summed E-state index contributed by atoms with van der Waals surface area (Å²) in [6.07, 6.45) is 11.0. The Bertz CT molecular complexity index is 346. The van der Waals surface area contributed by atoms with Crippen LogP contribution < -0.4 is 5.32 Å². The molecule has 0 radical (unpaired) electrons. The van der Waals surface area contributed by atoms with Crippen LogP contribution in [0, 0.1) is 5.92 Å². The fourth-order valence-corrected chi connectivity index (χ4v) is 3.00. The highest BCUT2D eigenvalue weighted by Crippen LogP contribution is 2.40. The Kier molecular flexibility index (Phi) is 1.88. The fraction of sp³-hybridized carbons (Fsp3) is 0.538. The summed E-state index contributed by atoms with van der Waals surface area (Å²) in [7, 11) is 0. The van der Waals surface area contributed by atoms with Crippen LogP contribution in [0.1, 0.15) is 26.2 Å². The van der Waals surface area contributed by atoms with Crippen molar-refractivity contribution in [3.63, 3.8) is 0 Å². The zero-order valence-corrected chi connectivity index (χ0v) is 8.72. The summed E-state index contributed by atoms with van der Waals surface area (Å²) >= 11 is 0. The molecule has 0 saturated heterocycles. The quantitative estimate of drug-likeness (QED) is 0.614. The van der Waals surface area contributed by atoms with Crippen molar-refractivity contribution in [1.82, 2.24) is 5.32 Å². The van der Waals surface area contributed by atoms with Crippen molar-refractivity contribution < 1.29 is 0 Å². The van der Waals surface area contributed by atoms with Crippen molar-refractivity contribution in [2.24, 2.45) is 5.92 Å². The van der Waals surface area contributed by atoms with Crippen LogP contribution in [0.5, 0.6) is 0 Å². The molecule has 0 amide bonds. The second kappa shape index (κ2) is 3.09. The summed E-state index contributed by atoms with van der Waals surface area (Å²) in [5.41, 5.74) is 4.73. The molecular formula is C13H17N. The second-order valence-electron chi connectivity index (χ2n) is 4.72. The van der Waals surface area contributed by atoms with Gasteiger partial charge in [-0.2, -0.15) is 0 Å². The van der Waals surface area contributed by atoms with Crippen molar-refractivity contribution in [2.75, 3.05) is 6.54 Å². The standard InChI is InChI=1S/C13H17N/c1-9-7-11-4-2-3-10-5-6-12(8-14-9)13(10)11/h3,5-6,9,11,14H,2,4,7-8H2,1H3/t9-,11+/m1/s1. The Hall–Kier alpha value is -0.820. The molecule has 2 atom stereocenters. The number of hydrogen-bond acceptors (Lipinski definition) is 1. The van der Waals surface area contributed by atoms with Gasteiger partial charge in [-0.1, -0.05) is 18.2 Å². The van der Waals surface area contributed by atoms with E-state index in [-0.39, 0.29) is 0 Å². The molecule has 1 aliphatic heterocycles. The maximum Gasteiger partial charge on any atom is 0.0211 e. The van der Waals surface area contributed by atoms with Crippen LogP contribution in [-0.4, -0.2) is 12.6 Å². The molecule has 2 aliphatic carbocycles. The van der Waals surface area contributed by atoms with Gasteiger partial charge in [-0.3, -0.25) is 0 Å². The normalized spacial score (nSPS) is 35.4. The van der Waals surface area contributed by atoms with E-state index >= 15 is 0 Å². The Labute approximate surface area is 85.6 Å². The summed E-state index contributed by atoms with van der Waals surface area (Å²) in [4.78, 5) is 0. The van der Waals surface area contributed by atoms with Crippen LogP contribution in [0.2, 0.25) is 0 Å². The fourth-order valence-electron chi connectivity index (χ4n) is 3.00. The van der Waals surface area contributed by atoms with Crippen LogP contribution in [0.25, 0.3) is 0 Å². The molecule has 1 heteroatoms. The Morgan fingerprint density at radius 1 is 1.36 bits per heavy atom. The van der Waals surface area contributed by atoms with Gasteiger partial charge in [0.05, 0.1) is 0 Å². The smallest absolute Gasteiger partial charge is 0.0211 e. The Balaban J connectivity index is 2.03. The molecule has 0 unspecified atom stereocenters. The van der Waals surface area contributed by atoms with E-state index in [1.54, 1.807) is 11.1 Å². The predicted octanol–water partition coefficient (Wildman–Crippen LogP) is 2.57.